The zero-order valence-corrected chi connectivity index (χ0v) is 11.7. The molecular formula is C13H16BrF3O. The van der Waals surface area contributed by atoms with Gasteiger partial charge >= 0.3 is 6.18 Å². The van der Waals surface area contributed by atoms with Crippen LogP contribution < -0.4 is 0 Å². The fourth-order valence-corrected chi connectivity index (χ4v) is 2.29. The number of hydrogen-bond acceptors (Lipinski definition) is 1. The van der Waals surface area contributed by atoms with E-state index in [1.54, 1.807) is 6.92 Å². The van der Waals surface area contributed by atoms with Gasteiger partial charge in [-0.3, -0.25) is 0 Å². The van der Waals surface area contributed by atoms with Crippen molar-refractivity contribution in [1.29, 1.82) is 0 Å². The van der Waals surface area contributed by atoms with Gasteiger partial charge in [-0.2, -0.15) is 13.2 Å². The number of halogens is 4. The van der Waals surface area contributed by atoms with Gasteiger partial charge in [0.05, 0.1) is 5.60 Å². The quantitative estimate of drug-likeness (QED) is 0.846. The highest BCUT2D eigenvalue weighted by molar-refractivity contribution is 9.10. The lowest BCUT2D eigenvalue weighted by molar-refractivity contribution is -0.137. The second-order valence-corrected chi connectivity index (χ2v) is 5.69. The molecule has 0 saturated carbocycles. The Labute approximate surface area is 113 Å². The molecule has 0 aliphatic carbocycles. The van der Waals surface area contributed by atoms with Crippen LogP contribution in [0.15, 0.2) is 28.7 Å². The highest BCUT2D eigenvalue weighted by atomic mass is 79.9. The van der Waals surface area contributed by atoms with E-state index in [1.807, 2.05) is 24.3 Å². The molecule has 1 atom stereocenters. The first-order valence-corrected chi connectivity index (χ1v) is 6.51. The molecule has 102 valence electrons. The van der Waals surface area contributed by atoms with E-state index in [2.05, 4.69) is 15.9 Å². The second-order valence-electron chi connectivity index (χ2n) is 4.77. The summed E-state index contributed by atoms with van der Waals surface area (Å²) in [6.07, 6.45) is -4.55. The van der Waals surface area contributed by atoms with Gasteiger partial charge in [-0.15, -0.1) is 0 Å². The monoisotopic (exact) mass is 324 g/mol. The summed E-state index contributed by atoms with van der Waals surface area (Å²) in [6, 6.07) is 7.41. The highest BCUT2D eigenvalue weighted by Gasteiger charge is 2.29. The minimum absolute atomic E-state index is 0.0511. The Hall–Kier alpha value is -0.550. The van der Waals surface area contributed by atoms with Crippen LogP contribution in [0.4, 0.5) is 13.2 Å². The molecule has 1 rings (SSSR count). The Balaban J connectivity index is 2.49. The average molecular weight is 325 g/mol. The van der Waals surface area contributed by atoms with Crippen molar-refractivity contribution in [2.45, 2.75) is 44.4 Å². The SMILES string of the molecule is CC(O)(CCCC(F)(F)F)Cc1cccc(Br)c1. The molecule has 18 heavy (non-hydrogen) atoms. The molecule has 0 saturated heterocycles. The molecule has 0 radical (unpaired) electrons. The van der Waals surface area contributed by atoms with Crippen molar-refractivity contribution in [1.82, 2.24) is 0 Å². The van der Waals surface area contributed by atoms with Gasteiger partial charge in [-0.1, -0.05) is 28.1 Å². The molecule has 1 nitrogen and oxygen atoms in total. The topological polar surface area (TPSA) is 20.2 Å². The third-order valence-corrected chi connectivity index (χ3v) is 3.14. The van der Waals surface area contributed by atoms with Crippen molar-refractivity contribution >= 4 is 15.9 Å². The maximum Gasteiger partial charge on any atom is 0.389 e. The van der Waals surface area contributed by atoms with Gasteiger partial charge in [0.2, 0.25) is 0 Å². The van der Waals surface area contributed by atoms with Crippen molar-refractivity contribution < 1.29 is 18.3 Å². The Kier molecular flexibility index (Phi) is 5.22. The molecule has 1 N–H and O–H groups in total. The predicted molar refractivity (Wildman–Crippen MR) is 68.4 cm³/mol. The summed E-state index contributed by atoms with van der Waals surface area (Å²) >= 11 is 3.32. The molecule has 0 aliphatic rings. The number of rotatable bonds is 5. The second kappa shape index (κ2) is 6.06. The normalized spacial score (nSPS) is 15.4. The van der Waals surface area contributed by atoms with E-state index in [-0.39, 0.29) is 12.8 Å². The van der Waals surface area contributed by atoms with E-state index >= 15 is 0 Å². The fourth-order valence-electron chi connectivity index (χ4n) is 1.84. The van der Waals surface area contributed by atoms with Crippen molar-refractivity contribution in [3.05, 3.63) is 34.3 Å². The first-order chi connectivity index (χ1) is 8.18. The summed E-state index contributed by atoms with van der Waals surface area (Å²) in [7, 11) is 0. The number of hydrogen-bond donors (Lipinski definition) is 1. The lowest BCUT2D eigenvalue weighted by atomic mass is 9.91. The molecule has 0 bridgehead atoms. The minimum atomic E-state index is -4.15. The Morgan fingerprint density at radius 3 is 2.44 bits per heavy atom. The largest absolute Gasteiger partial charge is 0.390 e. The van der Waals surface area contributed by atoms with E-state index in [0.717, 1.165) is 10.0 Å². The van der Waals surface area contributed by atoms with Crippen LogP contribution in [0.2, 0.25) is 0 Å². The van der Waals surface area contributed by atoms with Crippen LogP contribution in [-0.4, -0.2) is 16.9 Å². The van der Waals surface area contributed by atoms with Crippen LogP contribution in [0.1, 0.15) is 31.7 Å². The molecule has 0 amide bonds. The van der Waals surface area contributed by atoms with Crippen molar-refractivity contribution in [3.63, 3.8) is 0 Å². The summed E-state index contributed by atoms with van der Waals surface area (Å²) in [5.41, 5.74) is -0.201. The zero-order chi connectivity index (χ0) is 13.8. The van der Waals surface area contributed by atoms with Crippen LogP contribution >= 0.6 is 15.9 Å². The summed E-state index contributed by atoms with van der Waals surface area (Å²) in [6.45, 7) is 1.57. The van der Waals surface area contributed by atoms with Crippen LogP contribution in [-0.2, 0) is 6.42 Å². The maximum absolute atomic E-state index is 12.0. The smallest absolute Gasteiger partial charge is 0.389 e. The molecular weight excluding hydrogens is 309 g/mol. The molecule has 1 aromatic rings. The number of alkyl halides is 3. The molecule has 0 aromatic heterocycles. The average Bonchev–Trinajstić information content (AvgIpc) is 2.13. The lowest BCUT2D eigenvalue weighted by Crippen LogP contribution is -2.27. The van der Waals surface area contributed by atoms with Crippen molar-refractivity contribution in [2.24, 2.45) is 0 Å². The van der Waals surface area contributed by atoms with Gasteiger partial charge in [0.25, 0.3) is 0 Å². The molecule has 1 aromatic carbocycles. The first kappa shape index (κ1) is 15.5. The van der Waals surface area contributed by atoms with Crippen LogP contribution in [0.5, 0.6) is 0 Å². The van der Waals surface area contributed by atoms with Crippen molar-refractivity contribution in [3.8, 4) is 0 Å². The molecule has 0 spiro atoms. The lowest BCUT2D eigenvalue weighted by Gasteiger charge is -2.23. The predicted octanol–water partition coefficient (Wildman–Crippen LogP) is 4.48. The molecule has 0 heterocycles. The standard InChI is InChI=1S/C13H16BrF3O/c1-12(18,6-3-7-13(15,16)17)9-10-4-2-5-11(14)8-10/h2,4-5,8,18H,3,6-7,9H2,1H3. The molecule has 0 fully saturated rings. The molecule has 0 aliphatic heterocycles. The van der Waals surface area contributed by atoms with E-state index in [0.29, 0.717) is 6.42 Å². The maximum atomic E-state index is 12.0. The van der Waals surface area contributed by atoms with Crippen LogP contribution in [0.25, 0.3) is 0 Å². The summed E-state index contributed by atoms with van der Waals surface area (Å²) in [5.74, 6) is 0. The Bertz CT molecular complexity index is 388. The van der Waals surface area contributed by atoms with Gasteiger partial charge < -0.3 is 5.11 Å². The van der Waals surface area contributed by atoms with Crippen molar-refractivity contribution in [2.75, 3.05) is 0 Å². The molecule has 5 heteroatoms. The summed E-state index contributed by atoms with van der Waals surface area (Å²) < 4.78 is 37.0. The van der Waals surface area contributed by atoms with Crippen LogP contribution in [0.3, 0.4) is 0 Å². The Morgan fingerprint density at radius 2 is 1.89 bits per heavy atom. The summed E-state index contributed by atoms with van der Waals surface area (Å²) in [4.78, 5) is 0. The Morgan fingerprint density at radius 1 is 1.22 bits per heavy atom. The molecule has 1 unspecified atom stereocenters. The zero-order valence-electron chi connectivity index (χ0n) is 10.1. The third kappa shape index (κ3) is 6.40. The van der Waals surface area contributed by atoms with Gasteiger partial charge in [0.1, 0.15) is 0 Å². The van der Waals surface area contributed by atoms with E-state index in [1.165, 1.54) is 0 Å². The van der Waals surface area contributed by atoms with Gasteiger partial charge in [-0.05, 0) is 37.5 Å². The number of benzene rings is 1. The summed E-state index contributed by atoms with van der Waals surface area (Å²) in [5, 5.41) is 10.1. The van der Waals surface area contributed by atoms with E-state index < -0.39 is 18.2 Å². The minimum Gasteiger partial charge on any atom is -0.390 e. The highest BCUT2D eigenvalue weighted by Crippen LogP contribution is 2.27. The van der Waals surface area contributed by atoms with Gasteiger partial charge in [-0.25, -0.2) is 0 Å². The first-order valence-electron chi connectivity index (χ1n) is 5.72. The van der Waals surface area contributed by atoms with Gasteiger partial charge in [0, 0.05) is 17.3 Å². The van der Waals surface area contributed by atoms with Crippen LogP contribution in [0, 0.1) is 0 Å². The van der Waals surface area contributed by atoms with E-state index in [4.69, 9.17) is 0 Å². The number of aliphatic hydroxyl groups is 1. The third-order valence-electron chi connectivity index (χ3n) is 2.65. The van der Waals surface area contributed by atoms with Gasteiger partial charge in [0.15, 0.2) is 0 Å². The fraction of sp³-hybridized carbons (Fsp3) is 0.538. The van der Waals surface area contributed by atoms with E-state index in [9.17, 15) is 18.3 Å².